The van der Waals surface area contributed by atoms with Crippen LogP contribution in [0.4, 0.5) is 0 Å². The highest BCUT2D eigenvalue weighted by molar-refractivity contribution is 5.66. The van der Waals surface area contributed by atoms with Gasteiger partial charge < -0.3 is 15.5 Å². The van der Waals surface area contributed by atoms with E-state index < -0.39 is 5.97 Å². The van der Waals surface area contributed by atoms with Crippen molar-refractivity contribution in [1.82, 2.24) is 5.32 Å². The van der Waals surface area contributed by atoms with Crippen LogP contribution >= 0.6 is 0 Å². The summed E-state index contributed by atoms with van der Waals surface area (Å²) >= 11 is 0. The first-order chi connectivity index (χ1) is 7.16. The third-order valence-corrected chi connectivity index (χ3v) is 2.38. The molecule has 1 atom stereocenters. The van der Waals surface area contributed by atoms with Crippen molar-refractivity contribution in [3.05, 3.63) is 0 Å². The maximum Gasteiger partial charge on any atom is 0.303 e. The fraction of sp³-hybridized carbons (Fsp3) is 0.909. The molecule has 0 aromatic heterocycles. The average molecular weight is 217 g/mol. The van der Waals surface area contributed by atoms with Crippen LogP contribution in [-0.4, -0.2) is 35.4 Å². The lowest BCUT2D eigenvalue weighted by molar-refractivity contribution is -0.137. The van der Waals surface area contributed by atoms with Gasteiger partial charge in [0.15, 0.2) is 0 Å². The molecule has 4 nitrogen and oxygen atoms in total. The molecule has 0 amide bonds. The Morgan fingerprint density at radius 2 is 1.93 bits per heavy atom. The van der Waals surface area contributed by atoms with Crippen molar-refractivity contribution in [3.63, 3.8) is 0 Å². The second kappa shape index (κ2) is 9.93. The summed E-state index contributed by atoms with van der Waals surface area (Å²) in [7, 11) is 0. The molecule has 0 aromatic rings. The fourth-order valence-corrected chi connectivity index (χ4v) is 1.49. The molecular weight excluding hydrogens is 194 g/mol. The molecule has 0 aliphatic heterocycles. The molecule has 0 saturated carbocycles. The lowest BCUT2D eigenvalue weighted by atomic mass is 10.1. The second-order valence-corrected chi connectivity index (χ2v) is 3.93. The summed E-state index contributed by atoms with van der Waals surface area (Å²) in [5.41, 5.74) is 0. The largest absolute Gasteiger partial charge is 0.481 e. The van der Waals surface area contributed by atoms with E-state index in [-0.39, 0.29) is 13.0 Å². The molecule has 0 saturated heterocycles. The van der Waals surface area contributed by atoms with Crippen LogP contribution in [0.25, 0.3) is 0 Å². The number of hydrogen-bond donors (Lipinski definition) is 3. The predicted octanol–water partition coefficient (Wildman–Crippen LogP) is 1.38. The number of unbranched alkanes of at least 4 members (excludes halogenated alkanes) is 3. The molecule has 0 bridgehead atoms. The molecule has 0 spiro atoms. The number of carbonyl (C=O) groups is 1. The van der Waals surface area contributed by atoms with Crippen molar-refractivity contribution in [1.29, 1.82) is 0 Å². The summed E-state index contributed by atoms with van der Waals surface area (Å²) < 4.78 is 0. The van der Waals surface area contributed by atoms with Gasteiger partial charge in [0.25, 0.3) is 0 Å². The first-order valence-corrected chi connectivity index (χ1v) is 5.73. The molecule has 4 heteroatoms. The van der Waals surface area contributed by atoms with Crippen LogP contribution in [0.2, 0.25) is 0 Å². The summed E-state index contributed by atoms with van der Waals surface area (Å²) in [5, 5.41) is 20.2. The highest BCUT2D eigenvalue weighted by Gasteiger charge is 2.00. The molecule has 0 rings (SSSR count). The van der Waals surface area contributed by atoms with Crippen molar-refractivity contribution in [3.8, 4) is 0 Å². The third kappa shape index (κ3) is 11.3. The minimum absolute atomic E-state index is 0.183. The van der Waals surface area contributed by atoms with Crippen LogP contribution < -0.4 is 5.32 Å². The summed E-state index contributed by atoms with van der Waals surface area (Å²) in [4.78, 5) is 10.2. The molecule has 0 radical (unpaired) electrons. The van der Waals surface area contributed by atoms with Gasteiger partial charge in [0.1, 0.15) is 0 Å². The zero-order valence-corrected chi connectivity index (χ0v) is 9.54. The topological polar surface area (TPSA) is 69.6 Å². The normalized spacial score (nSPS) is 12.7. The van der Waals surface area contributed by atoms with Gasteiger partial charge >= 0.3 is 5.97 Å². The van der Waals surface area contributed by atoms with E-state index in [9.17, 15) is 4.79 Å². The number of hydrogen-bond acceptors (Lipinski definition) is 3. The van der Waals surface area contributed by atoms with Gasteiger partial charge in [0.2, 0.25) is 0 Å². The lowest BCUT2D eigenvalue weighted by Gasteiger charge is -2.12. The smallest absolute Gasteiger partial charge is 0.303 e. The van der Waals surface area contributed by atoms with Crippen LogP contribution in [0.15, 0.2) is 0 Å². The van der Waals surface area contributed by atoms with Gasteiger partial charge in [0, 0.05) is 19.0 Å². The minimum Gasteiger partial charge on any atom is -0.481 e. The highest BCUT2D eigenvalue weighted by atomic mass is 16.4. The van der Waals surface area contributed by atoms with E-state index >= 15 is 0 Å². The molecule has 15 heavy (non-hydrogen) atoms. The molecule has 0 heterocycles. The van der Waals surface area contributed by atoms with E-state index in [4.69, 9.17) is 10.2 Å². The molecule has 0 aliphatic rings. The van der Waals surface area contributed by atoms with E-state index in [0.29, 0.717) is 12.6 Å². The summed E-state index contributed by atoms with van der Waals surface area (Å²) in [6, 6.07) is 0.441. The van der Waals surface area contributed by atoms with E-state index in [1.54, 1.807) is 0 Å². The van der Waals surface area contributed by atoms with E-state index in [0.717, 1.165) is 32.1 Å². The standard InChI is InChI=1S/C11H23NO3/c1-10(12-8-9-13)6-4-2-3-5-7-11(14)15/h10,12-13H,2-9H2,1H3,(H,14,15). The summed E-state index contributed by atoms with van der Waals surface area (Å²) in [5.74, 6) is -0.701. The summed E-state index contributed by atoms with van der Waals surface area (Å²) in [6.45, 7) is 2.94. The van der Waals surface area contributed by atoms with Crippen LogP contribution in [-0.2, 0) is 4.79 Å². The average Bonchev–Trinajstić information content (AvgIpc) is 2.19. The molecular formula is C11H23NO3. The van der Waals surface area contributed by atoms with Gasteiger partial charge in [-0.25, -0.2) is 0 Å². The Kier molecular flexibility index (Phi) is 9.52. The van der Waals surface area contributed by atoms with Crippen molar-refractivity contribution < 1.29 is 15.0 Å². The van der Waals surface area contributed by atoms with Gasteiger partial charge in [-0.3, -0.25) is 4.79 Å². The second-order valence-electron chi connectivity index (χ2n) is 3.93. The SMILES string of the molecule is CC(CCCCCCC(=O)O)NCCO. The Hall–Kier alpha value is -0.610. The summed E-state index contributed by atoms with van der Waals surface area (Å²) in [6.07, 6.45) is 5.38. The van der Waals surface area contributed by atoms with Gasteiger partial charge in [-0.2, -0.15) is 0 Å². The number of aliphatic hydroxyl groups excluding tert-OH is 1. The van der Waals surface area contributed by atoms with Crippen LogP contribution in [0.1, 0.15) is 45.4 Å². The number of rotatable bonds is 10. The Morgan fingerprint density at radius 1 is 1.27 bits per heavy atom. The van der Waals surface area contributed by atoms with Crippen molar-refractivity contribution >= 4 is 5.97 Å². The van der Waals surface area contributed by atoms with Gasteiger partial charge in [0.05, 0.1) is 6.61 Å². The molecule has 0 fully saturated rings. The van der Waals surface area contributed by atoms with Crippen LogP contribution in [0, 0.1) is 0 Å². The zero-order valence-electron chi connectivity index (χ0n) is 9.54. The number of nitrogens with one attached hydrogen (secondary N) is 1. The minimum atomic E-state index is -0.701. The fourth-order valence-electron chi connectivity index (χ4n) is 1.49. The van der Waals surface area contributed by atoms with E-state index in [2.05, 4.69) is 12.2 Å². The highest BCUT2D eigenvalue weighted by Crippen LogP contribution is 2.07. The Bertz CT molecular complexity index is 162. The number of carboxylic acids is 1. The Labute approximate surface area is 91.7 Å². The van der Waals surface area contributed by atoms with E-state index in [1.165, 1.54) is 0 Å². The van der Waals surface area contributed by atoms with E-state index in [1.807, 2.05) is 0 Å². The van der Waals surface area contributed by atoms with Gasteiger partial charge in [-0.15, -0.1) is 0 Å². The maximum absolute atomic E-state index is 10.2. The maximum atomic E-state index is 10.2. The first-order valence-electron chi connectivity index (χ1n) is 5.73. The number of aliphatic carboxylic acids is 1. The third-order valence-electron chi connectivity index (χ3n) is 2.38. The molecule has 0 aromatic carbocycles. The monoisotopic (exact) mass is 217 g/mol. The van der Waals surface area contributed by atoms with Crippen LogP contribution in [0.5, 0.6) is 0 Å². The van der Waals surface area contributed by atoms with Crippen molar-refractivity contribution in [2.75, 3.05) is 13.2 Å². The molecule has 3 N–H and O–H groups in total. The number of aliphatic hydroxyl groups is 1. The van der Waals surface area contributed by atoms with Crippen molar-refractivity contribution in [2.45, 2.75) is 51.5 Å². The van der Waals surface area contributed by atoms with Crippen LogP contribution in [0.3, 0.4) is 0 Å². The predicted molar refractivity (Wildman–Crippen MR) is 59.9 cm³/mol. The quantitative estimate of drug-likeness (QED) is 0.484. The van der Waals surface area contributed by atoms with Gasteiger partial charge in [-0.1, -0.05) is 19.3 Å². The first kappa shape index (κ1) is 14.4. The number of carboxylic acid groups (broad SMARTS) is 1. The Balaban J connectivity index is 3.12. The Morgan fingerprint density at radius 3 is 2.53 bits per heavy atom. The lowest BCUT2D eigenvalue weighted by Crippen LogP contribution is -2.28. The molecule has 1 unspecified atom stereocenters. The molecule has 90 valence electrons. The molecule has 0 aliphatic carbocycles. The van der Waals surface area contributed by atoms with Gasteiger partial charge in [-0.05, 0) is 19.8 Å². The zero-order chi connectivity index (χ0) is 11.5. The van der Waals surface area contributed by atoms with Crippen molar-refractivity contribution in [2.24, 2.45) is 0 Å².